The Balaban J connectivity index is 2.13. The van der Waals surface area contributed by atoms with Gasteiger partial charge in [-0.25, -0.2) is 4.79 Å². The third-order valence-electron chi connectivity index (χ3n) is 3.60. The summed E-state index contributed by atoms with van der Waals surface area (Å²) >= 11 is 0. The van der Waals surface area contributed by atoms with Crippen molar-refractivity contribution in [3.05, 3.63) is 59.7 Å². The van der Waals surface area contributed by atoms with E-state index >= 15 is 0 Å². The third kappa shape index (κ3) is 4.35. The van der Waals surface area contributed by atoms with Gasteiger partial charge in [0.15, 0.2) is 6.10 Å². The first-order valence-electron chi connectivity index (χ1n) is 7.76. The smallest absolute Gasteiger partial charge is 0.337 e. The van der Waals surface area contributed by atoms with Crippen LogP contribution in [0.3, 0.4) is 0 Å². The van der Waals surface area contributed by atoms with Crippen LogP contribution in [0.4, 0.5) is 5.69 Å². The van der Waals surface area contributed by atoms with Gasteiger partial charge in [-0.3, -0.25) is 4.79 Å². The topological polar surface area (TPSA) is 64.6 Å². The Labute approximate surface area is 141 Å². The number of hydrogen-bond donors (Lipinski definition) is 1. The number of carbonyl (C=O) groups is 2. The summed E-state index contributed by atoms with van der Waals surface area (Å²) in [4.78, 5) is 24.1. The van der Waals surface area contributed by atoms with E-state index in [1.54, 1.807) is 30.3 Å². The van der Waals surface area contributed by atoms with E-state index in [1.165, 1.54) is 7.11 Å². The molecule has 2 aromatic rings. The number of anilines is 1. The molecule has 24 heavy (non-hydrogen) atoms. The zero-order valence-electron chi connectivity index (χ0n) is 14.0. The van der Waals surface area contributed by atoms with Crippen LogP contribution >= 0.6 is 0 Å². The Bertz CT molecular complexity index is 713. The zero-order valence-corrected chi connectivity index (χ0v) is 14.0. The largest absolute Gasteiger partial charge is 0.481 e. The predicted octanol–water partition coefficient (Wildman–Crippen LogP) is 3.58. The monoisotopic (exact) mass is 327 g/mol. The summed E-state index contributed by atoms with van der Waals surface area (Å²) in [6.07, 6.45) is -0.0928. The fourth-order valence-corrected chi connectivity index (χ4v) is 2.20. The second-order valence-electron chi connectivity index (χ2n) is 5.34. The molecule has 1 atom stereocenters. The number of esters is 1. The second kappa shape index (κ2) is 8.15. The average Bonchev–Trinajstić information content (AvgIpc) is 2.61. The highest BCUT2D eigenvalue weighted by Gasteiger charge is 2.19. The summed E-state index contributed by atoms with van der Waals surface area (Å²) in [5.41, 5.74) is 1.80. The number of amides is 1. The minimum Gasteiger partial charge on any atom is -0.481 e. The quantitative estimate of drug-likeness (QED) is 0.824. The van der Waals surface area contributed by atoms with Crippen LogP contribution in [0, 0.1) is 6.92 Å². The Kier molecular flexibility index (Phi) is 5.95. The Morgan fingerprint density at radius 3 is 2.46 bits per heavy atom. The third-order valence-corrected chi connectivity index (χ3v) is 3.60. The molecule has 0 radical (unpaired) electrons. The van der Waals surface area contributed by atoms with Gasteiger partial charge in [0, 0.05) is 5.69 Å². The number of benzene rings is 2. The molecule has 0 saturated heterocycles. The molecule has 5 heteroatoms. The number of hydrogen-bond acceptors (Lipinski definition) is 4. The van der Waals surface area contributed by atoms with E-state index in [1.807, 2.05) is 32.0 Å². The van der Waals surface area contributed by atoms with Gasteiger partial charge in [-0.2, -0.15) is 0 Å². The van der Waals surface area contributed by atoms with Crippen molar-refractivity contribution in [3.63, 3.8) is 0 Å². The highest BCUT2D eigenvalue weighted by atomic mass is 16.5. The highest BCUT2D eigenvalue weighted by Crippen LogP contribution is 2.19. The molecular weight excluding hydrogens is 306 g/mol. The van der Waals surface area contributed by atoms with Crippen LogP contribution < -0.4 is 10.1 Å². The van der Waals surface area contributed by atoms with Gasteiger partial charge in [0.25, 0.3) is 5.91 Å². The van der Waals surface area contributed by atoms with E-state index in [0.29, 0.717) is 23.4 Å². The van der Waals surface area contributed by atoms with E-state index in [9.17, 15) is 9.59 Å². The maximum atomic E-state index is 12.5. The minimum absolute atomic E-state index is 0.258. The van der Waals surface area contributed by atoms with Crippen molar-refractivity contribution in [2.45, 2.75) is 26.4 Å². The number of para-hydroxylation sites is 1. The lowest BCUT2D eigenvalue weighted by molar-refractivity contribution is -0.122. The van der Waals surface area contributed by atoms with E-state index in [0.717, 1.165) is 5.56 Å². The predicted molar refractivity (Wildman–Crippen MR) is 92.3 cm³/mol. The maximum absolute atomic E-state index is 12.5. The highest BCUT2D eigenvalue weighted by molar-refractivity contribution is 5.97. The summed E-state index contributed by atoms with van der Waals surface area (Å²) in [6, 6.07) is 14.2. The molecule has 0 saturated carbocycles. The van der Waals surface area contributed by atoms with Crippen LogP contribution in [-0.4, -0.2) is 25.1 Å². The molecule has 2 rings (SSSR count). The molecule has 0 aliphatic carbocycles. The maximum Gasteiger partial charge on any atom is 0.337 e. The molecule has 0 aliphatic rings. The first kappa shape index (κ1) is 17.5. The SMILES string of the molecule is CC[C@H](Oc1ccccc1)C(=O)Nc1cc(C(=O)OC)ccc1C. The molecule has 1 N–H and O–H groups in total. The van der Waals surface area contributed by atoms with Crippen LogP contribution in [0.5, 0.6) is 5.75 Å². The van der Waals surface area contributed by atoms with Crippen LogP contribution in [0.15, 0.2) is 48.5 Å². The van der Waals surface area contributed by atoms with Crippen LogP contribution in [-0.2, 0) is 9.53 Å². The zero-order chi connectivity index (χ0) is 17.5. The van der Waals surface area contributed by atoms with Crippen molar-refractivity contribution in [1.29, 1.82) is 0 Å². The van der Waals surface area contributed by atoms with Crippen LogP contribution in [0.25, 0.3) is 0 Å². The van der Waals surface area contributed by atoms with Crippen molar-refractivity contribution in [1.82, 2.24) is 0 Å². The van der Waals surface area contributed by atoms with Crippen molar-refractivity contribution >= 4 is 17.6 Å². The Morgan fingerprint density at radius 2 is 1.83 bits per heavy atom. The molecule has 0 fully saturated rings. The van der Waals surface area contributed by atoms with Gasteiger partial charge < -0.3 is 14.8 Å². The second-order valence-corrected chi connectivity index (χ2v) is 5.34. The molecule has 0 aromatic heterocycles. The number of methoxy groups -OCH3 is 1. The molecule has 5 nitrogen and oxygen atoms in total. The van der Waals surface area contributed by atoms with Crippen molar-refractivity contribution in [2.24, 2.45) is 0 Å². The van der Waals surface area contributed by atoms with Gasteiger partial charge in [-0.1, -0.05) is 31.2 Å². The lowest BCUT2D eigenvalue weighted by atomic mass is 10.1. The van der Waals surface area contributed by atoms with E-state index in [2.05, 4.69) is 5.32 Å². The lowest BCUT2D eigenvalue weighted by Crippen LogP contribution is -2.32. The van der Waals surface area contributed by atoms with Gasteiger partial charge in [-0.05, 0) is 43.2 Å². The van der Waals surface area contributed by atoms with Crippen molar-refractivity contribution in [3.8, 4) is 5.75 Å². The summed E-state index contributed by atoms with van der Waals surface area (Å²) in [6.45, 7) is 3.74. The van der Waals surface area contributed by atoms with Gasteiger partial charge >= 0.3 is 5.97 Å². The first-order chi connectivity index (χ1) is 11.5. The number of rotatable bonds is 6. The van der Waals surface area contributed by atoms with E-state index in [4.69, 9.17) is 9.47 Å². The normalized spacial score (nSPS) is 11.5. The molecule has 0 spiro atoms. The summed E-state index contributed by atoms with van der Waals surface area (Å²) < 4.78 is 10.4. The van der Waals surface area contributed by atoms with Crippen LogP contribution in [0.2, 0.25) is 0 Å². The first-order valence-corrected chi connectivity index (χ1v) is 7.76. The average molecular weight is 327 g/mol. The van der Waals surface area contributed by atoms with Gasteiger partial charge in [0.05, 0.1) is 12.7 Å². The molecule has 0 heterocycles. The Hall–Kier alpha value is -2.82. The standard InChI is InChI=1S/C19H21NO4/c1-4-17(24-15-8-6-5-7-9-15)18(21)20-16-12-14(19(22)23-3)11-10-13(16)2/h5-12,17H,4H2,1-3H3,(H,20,21)/t17-/m0/s1. The molecular formula is C19H21NO4. The minimum atomic E-state index is -0.617. The number of carbonyl (C=O) groups excluding carboxylic acids is 2. The fraction of sp³-hybridized carbons (Fsp3) is 0.263. The number of nitrogens with one attached hydrogen (secondary N) is 1. The fourth-order valence-electron chi connectivity index (χ4n) is 2.20. The van der Waals surface area contributed by atoms with E-state index < -0.39 is 12.1 Å². The van der Waals surface area contributed by atoms with Gasteiger partial charge in [-0.15, -0.1) is 0 Å². The van der Waals surface area contributed by atoms with E-state index in [-0.39, 0.29) is 5.91 Å². The Morgan fingerprint density at radius 1 is 1.12 bits per heavy atom. The summed E-state index contributed by atoms with van der Waals surface area (Å²) in [5.74, 6) is -0.0657. The number of aryl methyl sites for hydroxylation is 1. The summed E-state index contributed by atoms with van der Waals surface area (Å²) in [7, 11) is 1.32. The molecule has 0 aliphatic heterocycles. The number of ether oxygens (including phenoxy) is 2. The molecule has 0 unspecified atom stereocenters. The van der Waals surface area contributed by atoms with Crippen molar-refractivity contribution in [2.75, 3.05) is 12.4 Å². The van der Waals surface area contributed by atoms with Gasteiger partial charge in [0.2, 0.25) is 0 Å². The molecule has 126 valence electrons. The molecule has 2 aromatic carbocycles. The van der Waals surface area contributed by atoms with Crippen LogP contribution in [0.1, 0.15) is 29.3 Å². The lowest BCUT2D eigenvalue weighted by Gasteiger charge is -2.18. The van der Waals surface area contributed by atoms with Crippen molar-refractivity contribution < 1.29 is 19.1 Å². The molecule has 0 bridgehead atoms. The van der Waals surface area contributed by atoms with Gasteiger partial charge in [0.1, 0.15) is 5.75 Å². The summed E-state index contributed by atoms with van der Waals surface area (Å²) in [5, 5.41) is 2.83. The molecule has 1 amide bonds.